The third-order valence-corrected chi connectivity index (χ3v) is 4.25. The molecule has 0 radical (unpaired) electrons. The van der Waals surface area contributed by atoms with Crippen molar-refractivity contribution in [1.82, 2.24) is 0 Å². The van der Waals surface area contributed by atoms with Gasteiger partial charge in [-0.25, -0.2) is 4.39 Å². The van der Waals surface area contributed by atoms with Crippen LogP contribution in [0.25, 0.3) is 0 Å². The molecule has 20 heavy (non-hydrogen) atoms. The summed E-state index contributed by atoms with van der Waals surface area (Å²) in [5.74, 6) is 0.0950. The van der Waals surface area contributed by atoms with E-state index in [1.54, 1.807) is 6.07 Å². The van der Waals surface area contributed by atoms with Gasteiger partial charge in [0.25, 0.3) is 0 Å². The van der Waals surface area contributed by atoms with Gasteiger partial charge in [-0.1, -0.05) is 42.3 Å². The molecule has 2 aromatic rings. The molecule has 0 spiro atoms. The second-order valence-corrected chi connectivity index (χ2v) is 5.80. The number of aliphatic hydroxyl groups excluding tert-OH is 1. The first-order valence-corrected chi connectivity index (χ1v) is 7.26. The molecule has 3 heteroatoms. The molecular weight excluding hydrogens is 275 g/mol. The monoisotopic (exact) mass is 290 g/mol. The summed E-state index contributed by atoms with van der Waals surface area (Å²) in [4.78, 5) is 0. The van der Waals surface area contributed by atoms with Crippen LogP contribution >= 0.6 is 11.6 Å². The highest BCUT2D eigenvalue weighted by Gasteiger charge is 2.25. The van der Waals surface area contributed by atoms with Crippen LogP contribution in [0.4, 0.5) is 4.39 Å². The Labute approximate surface area is 123 Å². The molecule has 2 aromatic carbocycles. The molecule has 0 aliphatic heterocycles. The summed E-state index contributed by atoms with van der Waals surface area (Å²) in [5, 5.41) is 10.9. The van der Waals surface area contributed by atoms with Crippen LogP contribution < -0.4 is 0 Å². The van der Waals surface area contributed by atoms with Crippen LogP contribution in [-0.2, 0) is 0 Å². The van der Waals surface area contributed by atoms with Gasteiger partial charge in [-0.15, -0.1) is 0 Å². The minimum absolute atomic E-state index is 0.306. The van der Waals surface area contributed by atoms with Crippen LogP contribution in [0.1, 0.15) is 48.0 Å². The highest BCUT2D eigenvalue weighted by molar-refractivity contribution is 6.30. The molecule has 1 unspecified atom stereocenters. The van der Waals surface area contributed by atoms with Crippen LogP contribution in [0.3, 0.4) is 0 Å². The average molecular weight is 291 g/mol. The topological polar surface area (TPSA) is 20.2 Å². The van der Waals surface area contributed by atoms with Crippen molar-refractivity contribution in [2.24, 2.45) is 0 Å². The molecule has 0 aromatic heterocycles. The predicted molar refractivity (Wildman–Crippen MR) is 78.5 cm³/mol. The lowest BCUT2D eigenvalue weighted by molar-refractivity contribution is 0.216. The van der Waals surface area contributed by atoms with Gasteiger partial charge in [0.2, 0.25) is 0 Å². The van der Waals surface area contributed by atoms with Gasteiger partial charge in [-0.2, -0.15) is 0 Å². The maximum Gasteiger partial charge on any atom is 0.125 e. The molecule has 1 aliphatic carbocycles. The van der Waals surface area contributed by atoms with Crippen molar-refractivity contribution in [3.05, 3.63) is 70.0 Å². The molecule has 1 atom stereocenters. The third kappa shape index (κ3) is 2.58. The van der Waals surface area contributed by atoms with Gasteiger partial charge in [0.1, 0.15) is 11.9 Å². The Morgan fingerprint density at radius 2 is 1.90 bits per heavy atom. The smallest absolute Gasteiger partial charge is 0.125 e. The van der Waals surface area contributed by atoms with E-state index in [0.717, 1.165) is 18.4 Å². The number of hydrogen-bond acceptors (Lipinski definition) is 1. The van der Waals surface area contributed by atoms with E-state index in [4.69, 9.17) is 11.6 Å². The Kier molecular flexibility index (Phi) is 3.77. The Balaban J connectivity index is 1.99. The van der Waals surface area contributed by atoms with Crippen molar-refractivity contribution in [2.45, 2.75) is 31.3 Å². The molecule has 1 N–H and O–H groups in total. The summed E-state index contributed by atoms with van der Waals surface area (Å²) >= 11 is 5.87. The van der Waals surface area contributed by atoms with Gasteiger partial charge in [0.15, 0.2) is 0 Å². The molecule has 0 heterocycles. The highest BCUT2D eigenvalue weighted by atomic mass is 35.5. The molecule has 0 amide bonds. The summed E-state index contributed by atoms with van der Waals surface area (Å²) in [6.45, 7) is 0. The fourth-order valence-electron chi connectivity index (χ4n) is 2.76. The van der Waals surface area contributed by atoms with Crippen molar-refractivity contribution in [1.29, 1.82) is 0 Å². The molecule has 1 aliphatic rings. The molecule has 1 fully saturated rings. The zero-order valence-corrected chi connectivity index (χ0v) is 11.8. The minimum atomic E-state index is -0.833. The lowest BCUT2D eigenvalue weighted by atomic mass is 9.77. The maximum atomic E-state index is 13.4. The van der Waals surface area contributed by atoms with E-state index in [-0.39, 0.29) is 0 Å². The van der Waals surface area contributed by atoms with Gasteiger partial charge in [0, 0.05) is 5.02 Å². The predicted octanol–water partition coefficient (Wildman–Crippen LogP) is 4.83. The standard InChI is InChI=1S/C17H16ClFO/c18-13-8-12(9-14(19)10-13)17(20)16-7-2-1-6-15(16)11-4-3-5-11/h1-2,6-11,17,20H,3-5H2. The van der Waals surface area contributed by atoms with Crippen molar-refractivity contribution in [3.8, 4) is 0 Å². The zero-order valence-electron chi connectivity index (χ0n) is 11.0. The molecule has 1 nitrogen and oxygen atoms in total. The first kappa shape index (κ1) is 13.6. The van der Waals surface area contributed by atoms with E-state index in [9.17, 15) is 9.50 Å². The van der Waals surface area contributed by atoms with Gasteiger partial charge in [-0.3, -0.25) is 0 Å². The molecule has 104 valence electrons. The van der Waals surface area contributed by atoms with Crippen LogP contribution in [0.15, 0.2) is 42.5 Å². The van der Waals surface area contributed by atoms with E-state index in [0.29, 0.717) is 16.5 Å². The SMILES string of the molecule is OC(c1cc(F)cc(Cl)c1)c1ccccc1C1CCC1. The quantitative estimate of drug-likeness (QED) is 0.858. The zero-order chi connectivity index (χ0) is 14.1. The molecular formula is C17H16ClFO. The Hall–Kier alpha value is -1.38. The lowest BCUT2D eigenvalue weighted by Gasteiger charge is -2.29. The van der Waals surface area contributed by atoms with Crippen molar-refractivity contribution >= 4 is 11.6 Å². The van der Waals surface area contributed by atoms with E-state index >= 15 is 0 Å². The average Bonchev–Trinajstić information content (AvgIpc) is 2.35. The van der Waals surface area contributed by atoms with E-state index in [1.165, 1.54) is 24.1 Å². The Morgan fingerprint density at radius 3 is 2.55 bits per heavy atom. The summed E-state index contributed by atoms with van der Waals surface area (Å²) in [5.41, 5.74) is 2.53. The maximum absolute atomic E-state index is 13.4. The normalized spacial score (nSPS) is 16.8. The number of aliphatic hydroxyl groups is 1. The largest absolute Gasteiger partial charge is 0.384 e. The number of halogens is 2. The van der Waals surface area contributed by atoms with Gasteiger partial charge >= 0.3 is 0 Å². The van der Waals surface area contributed by atoms with Crippen LogP contribution in [-0.4, -0.2) is 5.11 Å². The summed E-state index contributed by atoms with van der Waals surface area (Å²) in [6.07, 6.45) is 2.72. The summed E-state index contributed by atoms with van der Waals surface area (Å²) < 4.78 is 13.4. The number of hydrogen-bond donors (Lipinski definition) is 1. The fraction of sp³-hybridized carbons (Fsp3) is 0.294. The van der Waals surface area contributed by atoms with Crippen molar-refractivity contribution in [2.75, 3.05) is 0 Å². The van der Waals surface area contributed by atoms with Crippen LogP contribution in [0.2, 0.25) is 5.02 Å². The summed E-state index contributed by atoms with van der Waals surface area (Å²) in [6, 6.07) is 12.1. The Bertz CT molecular complexity index is 602. The van der Waals surface area contributed by atoms with Crippen molar-refractivity contribution in [3.63, 3.8) is 0 Å². The fourth-order valence-corrected chi connectivity index (χ4v) is 2.99. The van der Waals surface area contributed by atoms with E-state index in [2.05, 4.69) is 6.07 Å². The molecule has 1 saturated carbocycles. The van der Waals surface area contributed by atoms with Crippen LogP contribution in [0, 0.1) is 5.82 Å². The second-order valence-electron chi connectivity index (χ2n) is 5.36. The second kappa shape index (κ2) is 5.55. The number of benzene rings is 2. The van der Waals surface area contributed by atoms with E-state index in [1.807, 2.05) is 18.2 Å². The number of rotatable bonds is 3. The van der Waals surface area contributed by atoms with Gasteiger partial charge < -0.3 is 5.11 Å². The minimum Gasteiger partial charge on any atom is -0.384 e. The first-order chi connectivity index (χ1) is 9.65. The van der Waals surface area contributed by atoms with Gasteiger partial charge in [0.05, 0.1) is 0 Å². The lowest BCUT2D eigenvalue weighted by Crippen LogP contribution is -2.13. The van der Waals surface area contributed by atoms with Gasteiger partial charge in [-0.05, 0) is 53.6 Å². The third-order valence-electron chi connectivity index (χ3n) is 4.04. The highest BCUT2D eigenvalue weighted by Crippen LogP contribution is 2.40. The molecule has 0 bridgehead atoms. The first-order valence-electron chi connectivity index (χ1n) is 6.88. The van der Waals surface area contributed by atoms with Crippen molar-refractivity contribution < 1.29 is 9.50 Å². The molecule has 0 saturated heterocycles. The Morgan fingerprint density at radius 1 is 1.15 bits per heavy atom. The van der Waals surface area contributed by atoms with E-state index < -0.39 is 11.9 Å². The van der Waals surface area contributed by atoms with Crippen LogP contribution in [0.5, 0.6) is 0 Å². The summed E-state index contributed by atoms with van der Waals surface area (Å²) in [7, 11) is 0. The molecule has 3 rings (SSSR count).